The molecule has 1 fully saturated rings. The Hall–Kier alpha value is -0.0600. The van der Waals surface area contributed by atoms with Crippen LogP contribution >= 0.6 is 36.4 Å². The molecule has 1 atom stereocenters. The van der Waals surface area contributed by atoms with Crippen LogP contribution in [-0.4, -0.2) is 31.1 Å². The average Bonchev–Trinajstić information content (AvgIpc) is 2.44. The molecule has 0 aliphatic carbocycles. The van der Waals surface area contributed by atoms with E-state index in [9.17, 15) is 4.39 Å². The quantitative estimate of drug-likeness (QED) is 0.806. The van der Waals surface area contributed by atoms with Gasteiger partial charge in [0.2, 0.25) is 0 Å². The maximum atomic E-state index is 13.7. The normalized spacial score (nSPS) is 16.8. The highest BCUT2D eigenvalue weighted by Gasteiger charge is 2.22. The average molecular weight is 372 g/mol. The number of nitrogens with one attached hydrogen (secondary N) is 1. The Morgan fingerprint density at radius 2 is 1.82 bits per heavy atom. The molecule has 0 unspecified atom stereocenters. The van der Waals surface area contributed by atoms with Crippen molar-refractivity contribution < 1.29 is 4.39 Å². The van der Waals surface area contributed by atoms with Gasteiger partial charge in [0.05, 0.1) is 5.02 Å². The van der Waals surface area contributed by atoms with Crippen molar-refractivity contribution in [2.75, 3.05) is 26.2 Å². The van der Waals surface area contributed by atoms with E-state index in [4.69, 9.17) is 11.6 Å². The standard InChI is InChI=1S/C16H24ClFN2.2ClH/c1-12(2)3-6-16(20-9-7-19-8-10-20)13-4-5-14(17)15(18)11-13;;/h4-5,11-12,16,19H,3,6-10H2,1-2H3;2*1H/t16-;;/m0../s1. The van der Waals surface area contributed by atoms with Crippen molar-refractivity contribution in [3.8, 4) is 0 Å². The van der Waals surface area contributed by atoms with Crippen molar-refractivity contribution in [2.45, 2.75) is 32.7 Å². The van der Waals surface area contributed by atoms with E-state index in [0.717, 1.165) is 44.6 Å². The van der Waals surface area contributed by atoms with Gasteiger partial charge in [-0.15, -0.1) is 24.8 Å². The molecule has 0 amide bonds. The van der Waals surface area contributed by atoms with E-state index in [0.29, 0.717) is 12.0 Å². The number of rotatable bonds is 5. The van der Waals surface area contributed by atoms with Crippen molar-refractivity contribution in [2.24, 2.45) is 5.92 Å². The predicted molar refractivity (Wildman–Crippen MR) is 97.2 cm³/mol. The third-order valence-corrected chi connectivity index (χ3v) is 4.24. The molecule has 0 radical (unpaired) electrons. The second kappa shape index (κ2) is 10.7. The number of halogens is 4. The van der Waals surface area contributed by atoms with Gasteiger partial charge in [-0.2, -0.15) is 0 Å². The number of piperazine rings is 1. The van der Waals surface area contributed by atoms with Crippen LogP contribution in [0.1, 0.15) is 38.3 Å². The van der Waals surface area contributed by atoms with Crippen LogP contribution in [0.25, 0.3) is 0 Å². The molecule has 0 spiro atoms. The lowest BCUT2D eigenvalue weighted by atomic mass is 9.95. The number of benzene rings is 1. The van der Waals surface area contributed by atoms with Gasteiger partial charge < -0.3 is 5.32 Å². The van der Waals surface area contributed by atoms with Gasteiger partial charge in [0.1, 0.15) is 5.82 Å². The van der Waals surface area contributed by atoms with Crippen LogP contribution in [0.15, 0.2) is 18.2 Å². The van der Waals surface area contributed by atoms with Crippen LogP contribution in [0.2, 0.25) is 5.02 Å². The summed E-state index contributed by atoms with van der Waals surface area (Å²) in [5, 5.41) is 3.57. The van der Waals surface area contributed by atoms with Gasteiger partial charge in [-0.3, -0.25) is 4.90 Å². The van der Waals surface area contributed by atoms with Crippen molar-refractivity contribution >= 4 is 36.4 Å². The lowest BCUT2D eigenvalue weighted by molar-refractivity contribution is 0.159. The zero-order valence-electron chi connectivity index (χ0n) is 13.1. The summed E-state index contributed by atoms with van der Waals surface area (Å²) < 4.78 is 13.7. The first-order valence-electron chi connectivity index (χ1n) is 7.47. The van der Waals surface area contributed by atoms with Crippen LogP contribution in [0.4, 0.5) is 4.39 Å². The summed E-state index contributed by atoms with van der Waals surface area (Å²) in [6.07, 6.45) is 2.22. The van der Waals surface area contributed by atoms with E-state index >= 15 is 0 Å². The molecule has 1 heterocycles. The summed E-state index contributed by atoms with van der Waals surface area (Å²) in [6.45, 7) is 8.52. The van der Waals surface area contributed by atoms with E-state index < -0.39 is 0 Å². The topological polar surface area (TPSA) is 15.3 Å². The second-order valence-corrected chi connectivity index (χ2v) is 6.35. The monoisotopic (exact) mass is 370 g/mol. The van der Waals surface area contributed by atoms with Crippen molar-refractivity contribution in [3.63, 3.8) is 0 Å². The van der Waals surface area contributed by atoms with Gasteiger partial charge in [-0.25, -0.2) is 4.39 Å². The molecule has 22 heavy (non-hydrogen) atoms. The molecule has 2 nitrogen and oxygen atoms in total. The Bertz CT molecular complexity index is 437. The molecule has 0 bridgehead atoms. The molecule has 1 aliphatic heterocycles. The molecule has 1 saturated heterocycles. The van der Waals surface area contributed by atoms with E-state index in [1.54, 1.807) is 12.1 Å². The van der Waals surface area contributed by atoms with Gasteiger partial charge >= 0.3 is 0 Å². The molecule has 1 N–H and O–H groups in total. The minimum absolute atomic E-state index is 0. The first-order valence-corrected chi connectivity index (χ1v) is 7.85. The highest BCUT2D eigenvalue weighted by Crippen LogP contribution is 2.29. The fraction of sp³-hybridized carbons (Fsp3) is 0.625. The zero-order valence-corrected chi connectivity index (χ0v) is 15.5. The highest BCUT2D eigenvalue weighted by atomic mass is 35.5. The van der Waals surface area contributed by atoms with Gasteiger partial charge in [0.25, 0.3) is 0 Å². The summed E-state index contributed by atoms with van der Waals surface area (Å²) in [4.78, 5) is 2.46. The van der Waals surface area contributed by atoms with Crippen LogP contribution in [-0.2, 0) is 0 Å². The fourth-order valence-electron chi connectivity index (χ4n) is 2.76. The van der Waals surface area contributed by atoms with Crippen LogP contribution in [0.3, 0.4) is 0 Å². The van der Waals surface area contributed by atoms with Crippen LogP contribution in [0, 0.1) is 11.7 Å². The van der Waals surface area contributed by atoms with Crippen LogP contribution in [0.5, 0.6) is 0 Å². The van der Waals surface area contributed by atoms with Crippen molar-refractivity contribution in [3.05, 3.63) is 34.6 Å². The molecule has 1 aromatic carbocycles. The summed E-state index contributed by atoms with van der Waals surface area (Å²) >= 11 is 5.80. The van der Waals surface area contributed by atoms with E-state index in [2.05, 4.69) is 24.1 Å². The molecular formula is C16H26Cl3FN2. The van der Waals surface area contributed by atoms with E-state index in [1.165, 1.54) is 0 Å². The van der Waals surface area contributed by atoms with Crippen LogP contribution < -0.4 is 5.32 Å². The first kappa shape index (κ1) is 21.9. The largest absolute Gasteiger partial charge is 0.314 e. The van der Waals surface area contributed by atoms with Gasteiger partial charge in [-0.05, 0) is 36.5 Å². The minimum Gasteiger partial charge on any atom is -0.314 e. The maximum Gasteiger partial charge on any atom is 0.142 e. The number of nitrogens with zero attached hydrogens (tertiary/aromatic N) is 1. The maximum absolute atomic E-state index is 13.7. The SMILES string of the molecule is CC(C)CC[C@@H](c1ccc(Cl)c(F)c1)N1CCNCC1.Cl.Cl. The lowest BCUT2D eigenvalue weighted by Crippen LogP contribution is -2.45. The molecular weight excluding hydrogens is 346 g/mol. The third-order valence-electron chi connectivity index (χ3n) is 3.94. The smallest absolute Gasteiger partial charge is 0.142 e. The summed E-state index contributed by atoms with van der Waals surface area (Å²) in [5.74, 6) is 0.353. The Kier molecular flexibility index (Phi) is 10.6. The molecule has 1 aromatic rings. The van der Waals surface area contributed by atoms with E-state index in [-0.39, 0.29) is 35.7 Å². The van der Waals surface area contributed by atoms with Gasteiger partial charge in [0.15, 0.2) is 0 Å². The zero-order chi connectivity index (χ0) is 14.5. The Morgan fingerprint density at radius 3 is 2.36 bits per heavy atom. The Balaban J connectivity index is 0.00000220. The lowest BCUT2D eigenvalue weighted by Gasteiger charge is -2.35. The summed E-state index contributed by atoms with van der Waals surface area (Å²) in [6, 6.07) is 5.55. The van der Waals surface area contributed by atoms with E-state index in [1.807, 2.05) is 6.07 Å². The fourth-order valence-corrected chi connectivity index (χ4v) is 2.88. The second-order valence-electron chi connectivity index (χ2n) is 5.95. The number of hydrogen-bond donors (Lipinski definition) is 1. The molecule has 128 valence electrons. The predicted octanol–water partition coefficient (Wildman–Crippen LogP) is 4.71. The first-order chi connectivity index (χ1) is 9.58. The molecule has 2 rings (SSSR count). The molecule has 0 aromatic heterocycles. The molecule has 6 heteroatoms. The Labute approximate surface area is 150 Å². The third kappa shape index (κ3) is 6.21. The molecule has 0 saturated carbocycles. The molecule has 1 aliphatic rings. The van der Waals surface area contributed by atoms with Gasteiger partial charge in [-0.1, -0.05) is 31.5 Å². The summed E-state index contributed by atoms with van der Waals surface area (Å²) in [5.41, 5.74) is 1.05. The minimum atomic E-state index is -0.311. The summed E-state index contributed by atoms with van der Waals surface area (Å²) in [7, 11) is 0. The van der Waals surface area contributed by atoms with Crippen molar-refractivity contribution in [1.29, 1.82) is 0 Å². The Morgan fingerprint density at radius 1 is 1.18 bits per heavy atom. The van der Waals surface area contributed by atoms with Crippen molar-refractivity contribution in [1.82, 2.24) is 10.2 Å². The van der Waals surface area contributed by atoms with Gasteiger partial charge in [0, 0.05) is 32.2 Å². The number of hydrogen-bond acceptors (Lipinski definition) is 2. The highest BCUT2D eigenvalue weighted by molar-refractivity contribution is 6.30.